The minimum absolute atomic E-state index is 0.333. The van der Waals surface area contributed by atoms with Gasteiger partial charge >= 0.3 is 0 Å². The van der Waals surface area contributed by atoms with E-state index in [2.05, 4.69) is 52.1 Å². The molecule has 1 unspecified atom stereocenters. The van der Waals surface area contributed by atoms with Crippen molar-refractivity contribution in [2.45, 2.75) is 39.7 Å². The number of nitrogens with zero attached hydrogens (tertiary/aromatic N) is 3. The van der Waals surface area contributed by atoms with E-state index in [4.69, 9.17) is 4.74 Å². The van der Waals surface area contributed by atoms with Crippen molar-refractivity contribution < 1.29 is 4.74 Å². The third kappa shape index (κ3) is 4.99. The van der Waals surface area contributed by atoms with Gasteiger partial charge in [-0.2, -0.15) is 5.26 Å². The highest BCUT2D eigenvalue weighted by molar-refractivity contribution is 5.86. The number of rotatable bonds is 7. The van der Waals surface area contributed by atoms with Crippen LogP contribution in [0.5, 0.6) is 5.75 Å². The summed E-state index contributed by atoms with van der Waals surface area (Å²) in [6.07, 6.45) is 1.79. The normalized spacial score (nSPS) is 17.2. The summed E-state index contributed by atoms with van der Waals surface area (Å²) in [5.74, 6) is 2.80. The standard InChI is InChI=1S/C21H26N6O/c1-4-16-6-5-7-17(12-16)28-9-8-23-21-18(13-22)14(2)10-19(25-21)24-20-11-15(3)26-27-20/h5-7,10,12,15,26H,4,8-9,11H2,1-3H3,(H2,23,24,25,27). The molecule has 3 rings (SSSR count). The van der Waals surface area contributed by atoms with Gasteiger partial charge in [-0.3, -0.25) is 0 Å². The first kappa shape index (κ1) is 19.6. The number of aryl methyl sites for hydroxylation is 2. The number of amidine groups is 1. The summed E-state index contributed by atoms with van der Waals surface area (Å²) in [5.41, 5.74) is 8.79. The number of hydrogen-bond donors (Lipinski definition) is 3. The maximum Gasteiger partial charge on any atom is 0.156 e. The molecule has 1 fully saturated rings. The van der Waals surface area contributed by atoms with Crippen LogP contribution in [0.15, 0.2) is 35.3 Å². The first-order valence-electron chi connectivity index (χ1n) is 9.55. The minimum atomic E-state index is 0.333. The Morgan fingerprint density at radius 1 is 1.39 bits per heavy atom. The molecule has 1 aromatic carbocycles. The first-order valence-corrected chi connectivity index (χ1v) is 9.55. The van der Waals surface area contributed by atoms with Gasteiger partial charge < -0.3 is 15.5 Å². The monoisotopic (exact) mass is 378 g/mol. The molecule has 7 heteroatoms. The average Bonchev–Trinajstić information content (AvgIpc) is 3.10. The zero-order valence-electron chi connectivity index (χ0n) is 16.5. The predicted octanol–water partition coefficient (Wildman–Crippen LogP) is 3.23. The molecule has 146 valence electrons. The quantitative estimate of drug-likeness (QED) is 0.641. The van der Waals surface area contributed by atoms with Crippen molar-refractivity contribution in [2.75, 3.05) is 18.5 Å². The summed E-state index contributed by atoms with van der Waals surface area (Å²) < 4.78 is 5.80. The summed E-state index contributed by atoms with van der Waals surface area (Å²) in [5, 5.41) is 12.7. The molecule has 1 saturated heterocycles. The smallest absolute Gasteiger partial charge is 0.156 e. The molecule has 0 radical (unpaired) electrons. The summed E-state index contributed by atoms with van der Waals surface area (Å²) in [6, 6.07) is 12.5. The number of aromatic nitrogens is 1. The maximum atomic E-state index is 9.48. The molecule has 0 amide bonds. The van der Waals surface area contributed by atoms with Crippen molar-refractivity contribution >= 4 is 17.5 Å². The van der Waals surface area contributed by atoms with E-state index in [0.29, 0.717) is 36.4 Å². The van der Waals surface area contributed by atoms with Gasteiger partial charge in [-0.1, -0.05) is 19.1 Å². The molecule has 0 spiro atoms. The number of pyridine rings is 1. The highest BCUT2D eigenvalue weighted by Gasteiger charge is 2.16. The van der Waals surface area contributed by atoms with Crippen LogP contribution in [0.4, 0.5) is 11.6 Å². The summed E-state index contributed by atoms with van der Waals surface area (Å²) >= 11 is 0. The second-order valence-corrected chi connectivity index (χ2v) is 6.84. The largest absolute Gasteiger partial charge is 0.492 e. The van der Waals surface area contributed by atoms with Crippen LogP contribution in [-0.4, -0.2) is 30.0 Å². The Kier molecular flexibility index (Phi) is 6.45. The molecular weight excluding hydrogens is 352 g/mol. The lowest BCUT2D eigenvalue weighted by molar-refractivity contribution is 0.332. The van der Waals surface area contributed by atoms with E-state index < -0.39 is 0 Å². The van der Waals surface area contributed by atoms with E-state index in [1.807, 2.05) is 31.2 Å². The highest BCUT2D eigenvalue weighted by Crippen LogP contribution is 2.23. The van der Waals surface area contributed by atoms with E-state index >= 15 is 0 Å². The Hall–Kier alpha value is -3.11. The van der Waals surface area contributed by atoms with E-state index in [1.54, 1.807) is 0 Å². The Morgan fingerprint density at radius 3 is 2.96 bits per heavy atom. The van der Waals surface area contributed by atoms with Crippen molar-refractivity contribution in [2.24, 2.45) is 4.99 Å². The van der Waals surface area contributed by atoms with Crippen LogP contribution in [0.25, 0.3) is 0 Å². The van der Waals surface area contributed by atoms with E-state index in [9.17, 15) is 5.26 Å². The summed E-state index contributed by atoms with van der Waals surface area (Å²) in [6.45, 7) is 7.10. The van der Waals surface area contributed by atoms with Crippen molar-refractivity contribution in [1.29, 1.82) is 5.26 Å². The Morgan fingerprint density at radius 2 is 2.25 bits per heavy atom. The van der Waals surface area contributed by atoms with Crippen LogP contribution in [0.3, 0.4) is 0 Å². The zero-order valence-corrected chi connectivity index (χ0v) is 16.5. The molecule has 3 N–H and O–H groups in total. The zero-order chi connectivity index (χ0) is 19.9. The number of hydrazine groups is 1. The lowest BCUT2D eigenvalue weighted by Crippen LogP contribution is -2.29. The Labute approximate surface area is 165 Å². The molecule has 1 aromatic heterocycles. The molecule has 28 heavy (non-hydrogen) atoms. The number of nitrogens with one attached hydrogen (secondary N) is 3. The molecule has 0 bridgehead atoms. The number of hydrogen-bond acceptors (Lipinski definition) is 6. The fraction of sp³-hybridized carbons (Fsp3) is 0.381. The van der Waals surface area contributed by atoms with E-state index in [0.717, 1.165) is 30.0 Å². The van der Waals surface area contributed by atoms with Crippen molar-refractivity contribution in [3.05, 3.63) is 47.0 Å². The Bertz CT molecular complexity index is 902. The molecule has 0 aliphatic carbocycles. The van der Waals surface area contributed by atoms with Crippen LogP contribution < -0.4 is 20.9 Å². The van der Waals surface area contributed by atoms with Gasteiger partial charge in [0.2, 0.25) is 0 Å². The second-order valence-electron chi connectivity index (χ2n) is 6.84. The van der Waals surface area contributed by atoms with Gasteiger partial charge in [0.05, 0.1) is 12.1 Å². The van der Waals surface area contributed by atoms with Gasteiger partial charge in [-0.25, -0.2) is 15.4 Å². The molecule has 1 atom stereocenters. The SMILES string of the molecule is CCc1cccc(OCCNc2nc(N=C3CC(C)NN3)cc(C)c2C#N)c1. The fourth-order valence-electron chi connectivity index (χ4n) is 2.99. The molecule has 2 aromatic rings. The molecule has 1 aliphatic rings. The number of benzene rings is 1. The molecular formula is C21H26N6O. The Balaban J connectivity index is 1.65. The minimum Gasteiger partial charge on any atom is -0.492 e. The second kappa shape index (κ2) is 9.20. The van der Waals surface area contributed by atoms with Gasteiger partial charge in [0.1, 0.15) is 30.1 Å². The van der Waals surface area contributed by atoms with Crippen molar-refractivity contribution in [1.82, 2.24) is 15.8 Å². The molecule has 1 aliphatic heterocycles. The first-order chi connectivity index (χ1) is 13.6. The molecule has 2 heterocycles. The van der Waals surface area contributed by atoms with Crippen LogP contribution >= 0.6 is 0 Å². The average molecular weight is 378 g/mol. The number of ether oxygens (including phenoxy) is 1. The van der Waals surface area contributed by atoms with Crippen LogP contribution in [0.1, 0.15) is 37.0 Å². The van der Waals surface area contributed by atoms with Crippen LogP contribution in [-0.2, 0) is 6.42 Å². The number of nitriles is 1. The van der Waals surface area contributed by atoms with Gasteiger partial charge in [0.25, 0.3) is 0 Å². The summed E-state index contributed by atoms with van der Waals surface area (Å²) in [4.78, 5) is 9.07. The van der Waals surface area contributed by atoms with Gasteiger partial charge in [0.15, 0.2) is 5.82 Å². The predicted molar refractivity (Wildman–Crippen MR) is 111 cm³/mol. The van der Waals surface area contributed by atoms with E-state index in [-0.39, 0.29) is 0 Å². The van der Waals surface area contributed by atoms with Gasteiger partial charge in [-0.05, 0) is 49.6 Å². The topological polar surface area (TPSA) is 94.4 Å². The highest BCUT2D eigenvalue weighted by atomic mass is 16.5. The fourth-order valence-corrected chi connectivity index (χ4v) is 2.99. The van der Waals surface area contributed by atoms with Gasteiger partial charge in [-0.15, -0.1) is 0 Å². The van der Waals surface area contributed by atoms with E-state index in [1.165, 1.54) is 5.56 Å². The third-order valence-electron chi connectivity index (χ3n) is 4.50. The number of aliphatic imine (C=N–C) groups is 1. The van der Waals surface area contributed by atoms with Gasteiger partial charge in [0, 0.05) is 12.5 Å². The van der Waals surface area contributed by atoms with Crippen molar-refractivity contribution in [3.63, 3.8) is 0 Å². The molecule has 7 nitrogen and oxygen atoms in total. The molecule has 0 saturated carbocycles. The van der Waals surface area contributed by atoms with Crippen molar-refractivity contribution in [3.8, 4) is 11.8 Å². The lowest BCUT2D eigenvalue weighted by Gasteiger charge is -2.12. The number of anilines is 1. The lowest BCUT2D eigenvalue weighted by atomic mass is 10.1. The maximum absolute atomic E-state index is 9.48. The third-order valence-corrected chi connectivity index (χ3v) is 4.50. The van der Waals surface area contributed by atoms with Crippen LogP contribution in [0.2, 0.25) is 0 Å². The van der Waals surface area contributed by atoms with Crippen LogP contribution in [0, 0.1) is 18.3 Å². The summed E-state index contributed by atoms with van der Waals surface area (Å²) in [7, 11) is 0.